The van der Waals surface area contributed by atoms with Crippen molar-refractivity contribution < 1.29 is 0 Å². The van der Waals surface area contributed by atoms with Crippen molar-refractivity contribution in [1.29, 1.82) is 0 Å². The summed E-state index contributed by atoms with van der Waals surface area (Å²) in [6.45, 7) is 0. The monoisotopic (exact) mass is 196 g/mol. The van der Waals surface area contributed by atoms with Gasteiger partial charge in [-0.05, 0) is 24.3 Å². The topological polar surface area (TPSA) is 0 Å². The van der Waals surface area contributed by atoms with Gasteiger partial charge >= 0.3 is 0 Å². The van der Waals surface area contributed by atoms with Crippen molar-refractivity contribution in [3.8, 4) is 12.3 Å². The first-order valence-electron chi connectivity index (χ1n) is 5.91. The van der Waals surface area contributed by atoms with Gasteiger partial charge in [0.1, 0.15) is 0 Å². The molecule has 1 aromatic carbocycles. The molecular formula is C15H16. The molecule has 1 aromatic rings. The maximum absolute atomic E-state index is 5.76. The zero-order valence-electron chi connectivity index (χ0n) is 8.95. The van der Waals surface area contributed by atoms with Crippen molar-refractivity contribution >= 4 is 0 Å². The summed E-state index contributed by atoms with van der Waals surface area (Å²) in [6.07, 6.45) is 11.0. The summed E-state index contributed by atoms with van der Waals surface area (Å²) in [4.78, 5) is 0. The number of fused-ring (bicyclic) bond motifs is 1. The molecule has 0 spiro atoms. The van der Waals surface area contributed by atoms with Gasteiger partial charge < -0.3 is 0 Å². The van der Waals surface area contributed by atoms with Gasteiger partial charge in [-0.1, -0.05) is 49.1 Å². The van der Waals surface area contributed by atoms with Gasteiger partial charge in [-0.15, -0.1) is 6.42 Å². The number of rotatable bonds is 1. The molecule has 0 saturated heterocycles. The van der Waals surface area contributed by atoms with Crippen molar-refractivity contribution in [2.24, 2.45) is 11.3 Å². The van der Waals surface area contributed by atoms with Gasteiger partial charge in [0, 0.05) is 11.3 Å². The Hall–Kier alpha value is -1.22. The Balaban J connectivity index is 1.94. The number of hydrogen-bond acceptors (Lipinski definition) is 0. The predicted octanol–water partition coefficient (Wildman–Crippen LogP) is 3.59. The highest BCUT2D eigenvalue weighted by Crippen LogP contribution is 2.70. The summed E-state index contributed by atoms with van der Waals surface area (Å²) in [6, 6.07) is 10.8. The minimum atomic E-state index is 0.236. The van der Waals surface area contributed by atoms with Crippen LogP contribution in [-0.4, -0.2) is 0 Å². The third kappa shape index (κ3) is 1.16. The van der Waals surface area contributed by atoms with E-state index in [0.717, 1.165) is 5.92 Å². The Labute approximate surface area is 91.7 Å². The van der Waals surface area contributed by atoms with Crippen LogP contribution < -0.4 is 0 Å². The van der Waals surface area contributed by atoms with Crippen LogP contribution in [0.1, 0.15) is 37.2 Å². The normalized spacial score (nSPS) is 37.8. The maximum atomic E-state index is 5.76. The van der Waals surface area contributed by atoms with Crippen LogP contribution >= 0.6 is 0 Å². The lowest BCUT2D eigenvalue weighted by atomic mass is 9.88. The van der Waals surface area contributed by atoms with Gasteiger partial charge in [0.25, 0.3) is 0 Å². The van der Waals surface area contributed by atoms with Gasteiger partial charge in [0.05, 0.1) is 0 Å². The minimum absolute atomic E-state index is 0.236. The maximum Gasteiger partial charge on any atom is 0.0418 e. The van der Waals surface area contributed by atoms with Gasteiger partial charge in [0.15, 0.2) is 0 Å². The Morgan fingerprint density at radius 3 is 2.67 bits per heavy atom. The van der Waals surface area contributed by atoms with Crippen LogP contribution in [0, 0.1) is 23.7 Å². The summed E-state index contributed by atoms with van der Waals surface area (Å²) >= 11 is 0. The molecule has 0 unspecified atom stereocenters. The molecule has 0 radical (unpaired) electrons. The summed E-state index contributed by atoms with van der Waals surface area (Å²) in [5.74, 6) is 4.54. The lowest BCUT2D eigenvalue weighted by molar-refractivity contribution is 0.414. The molecule has 0 amide bonds. The van der Waals surface area contributed by atoms with E-state index in [1.165, 1.54) is 31.2 Å². The van der Waals surface area contributed by atoms with Crippen LogP contribution in [0.5, 0.6) is 0 Å². The lowest BCUT2D eigenvalue weighted by Gasteiger charge is -2.15. The van der Waals surface area contributed by atoms with Gasteiger partial charge in [0.2, 0.25) is 0 Å². The van der Waals surface area contributed by atoms with Crippen molar-refractivity contribution in [2.45, 2.75) is 31.6 Å². The second kappa shape index (κ2) is 3.14. The smallest absolute Gasteiger partial charge is 0.0418 e. The zero-order valence-corrected chi connectivity index (χ0v) is 8.95. The molecular weight excluding hydrogens is 180 g/mol. The highest BCUT2D eigenvalue weighted by atomic mass is 14.7. The van der Waals surface area contributed by atoms with E-state index in [2.05, 4.69) is 36.3 Å². The van der Waals surface area contributed by atoms with E-state index >= 15 is 0 Å². The van der Waals surface area contributed by atoms with E-state index in [0.29, 0.717) is 5.92 Å². The van der Waals surface area contributed by atoms with Crippen LogP contribution in [0.15, 0.2) is 30.3 Å². The molecule has 3 atom stereocenters. The van der Waals surface area contributed by atoms with E-state index in [4.69, 9.17) is 6.42 Å². The van der Waals surface area contributed by atoms with Crippen molar-refractivity contribution in [2.75, 3.05) is 0 Å². The molecule has 0 aliphatic heterocycles. The standard InChI is InChI=1S/C15H16/c1-2-15-11-7-6-10-13(15)14(15)12-8-4-3-5-9-12/h1,3-5,8-9,13-14H,6-7,10-11H2/t13-,14-,15-/m1/s1. The minimum Gasteiger partial charge on any atom is -0.119 e. The van der Waals surface area contributed by atoms with Crippen LogP contribution in [0.3, 0.4) is 0 Å². The van der Waals surface area contributed by atoms with Crippen molar-refractivity contribution in [3.05, 3.63) is 35.9 Å². The van der Waals surface area contributed by atoms with E-state index < -0.39 is 0 Å². The zero-order chi connectivity index (χ0) is 10.3. The summed E-state index contributed by atoms with van der Waals surface area (Å²) in [5.41, 5.74) is 1.70. The second-order valence-electron chi connectivity index (χ2n) is 4.93. The summed E-state index contributed by atoms with van der Waals surface area (Å²) in [5, 5.41) is 0. The van der Waals surface area contributed by atoms with E-state index in [1.54, 1.807) is 0 Å². The SMILES string of the molecule is C#C[C@@]12CCCC[C@@H]1[C@H]2c1ccccc1. The molecule has 2 aliphatic rings. The first-order valence-corrected chi connectivity index (χ1v) is 5.91. The van der Waals surface area contributed by atoms with Gasteiger partial charge in [-0.3, -0.25) is 0 Å². The van der Waals surface area contributed by atoms with Gasteiger partial charge in [-0.25, -0.2) is 0 Å². The fraction of sp³-hybridized carbons (Fsp3) is 0.467. The summed E-state index contributed by atoms with van der Waals surface area (Å²) in [7, 11) is 0. The average molecular weight is 196 g/mol. The average Bonchev–Trinajstić information content (AvgIpc) is 3.00. The van der Waals surface area contributed by atoms with Crippen molar-refractivity contribution in [1.82, 2.24) is 0 Å². The van der Waals surface area contributed by atoms with Crippen LogP contribution in [-0.2, 0) is 0 Å². The molecule has 3 rings (SSSR count). The van der Waals surface area contributed by atoms with Gasteiger partial charge in [-0.2, -0.15) is 0 Å². The molecule has 0 heterocycles. The molecule has 2 aliphatic carbocycles. The fourth-order valence-electron chi connectivity index (χ4n) is 3.52. The van der Waals surface area contributed by atoms with E-state index in [9.17, 15) is 0 Å². The summed E-state index contributed by atoms with van der Waals surface area (Å²) < 4.78 is 0. The first kappa shape index (κ1) is 9.04. The highest BCUT2D eigenvalue weighted by Gasteiger charge is 2.64. The van der Waals surface area contributed by atoms with Crippen LogP contribution in [0.25, 0.3) is 0 Å². The molecule has 0 N–H and O–H groups in total. The third-order valence-electron chi connectivity index (χ3n) is 4.29. The largest absolute Gasteiger partial charge is 0.119 e. The third-order valence-corrected chi connectivity index (χ3v) is 4.29. The molecule has 0 nitrogen and oxygen atoms in total. The Morgan fingerprint density at radius 1 is 1.20 bits per heavy atom. The predicted molar refractivity (Wildman–Crippen MR) is 62.4 cm³/mol. The van der Waals surface area contributed by atoms with Crippen LogP contribution in [0.2, 0.25) is 0 Å². The molecule has 0 bridgehead atoms. The fourth-order valence-corrected chi connectivity index (χ4v) is 3.52. The Kier molecular flexibility index (Phi) is 1.89. The van der Waals surface area contributed by atoms with E-state index in [1.807, 2.05) is 0 Å². The molecule has 0 heteroatoms. The molecule has 2 saturated carbocycles. The molecule has 2 fully saturated rings. The second-order valence-corrected chi connectivity index (χ2v) is 4.93. The highest BCUT2D eigenvalue weighted by molar-refractivity contribution is 5.40. The Morgan fingerprint density at radius 2 is 2.00 bits per heavy atom. The Bertz CT molecular complexity index is 398. The quantitative estimate of drug-likeness (QED) is 0.602. The van der Waals surface area contributed by atoms with Crippen LogP contribution in [0.4, 0.5) is 0 Å². The first-order chi connectivity index (χ1) is 7.38. The lowest BCUT2D eigenvalue weighted by Crippen LogP contribution is -2.06. The number of terminal acetylenes is 1. The van der Waals surface area contributed by atoms with E-state index in [-0.39, 0.29) is 5.41 Å². The van der Waals surface area contributed by atoms with Crippen molar-refractivity contribution in [3.63, 3.8) is 0 Å². The molecule has 76 valence electrons. The number of benzene rings is 1. The molecule has 15 heavy (non-hydrogen) atoms. The molecule has 0 aromatic heterocycles. The number of hydrogen-bond donors (Lipinski definition) is 0.